The van der Waals surface area contributed by atoms with Crippen molar-refractivity contribution in [2.24, 2.45) is 0 Å². The van der Waals surface area contributed by atoms with Crippen molar-refractivity contribution in [1.29, 1.82) is 0 Å². The zero-order chi connectivity index (χ0) is 20.4. The topological polar surface area (TPSA) is 80.9 Å². The third-order valence-corrected chi connectivity index (χ3v) is 5.31. The minimum Gasteiger partial charge on any atom is -0.496 e. The summed E-state index contributed by atoms with van der Waals surface area (Å²) in [5, 5.41) is 14.8. The van der Waals surface area contributed by atoms with Crippen LogP contribution in [0.25, 0.3) is 11.4 Å². The van der Waals surface area contributed by atoms with E-state index in [4.69, 9.17) is 14.0 Å². The second-order valence-corrected chi connectivity index (χ2v) is 7.11. The van der Waals surface area contributed by atoms with Gasteiger partial charge in [-0.3, -0.25) is 4.90 Å². The predicted molar refractivity (Wildman–Crippen MR) is 108 cm³/mol. The number of hydrogen-bond acceptors (Lipinski definition) is 7. The Morgan fingerprint density at radius 3 is 2.52 bits per heavy atom. The van der Waals surface area contributed by atoms with Gasteiger partial charge in [0.1, 0.15) is 11.5 Å². The summed E-state index contributed by atoms with van der Waals surface area (Å²) in [4.78, 5) is 6.59. The Labute approximate surface area is 169 Å². The first-order valence-corrected chi connectivity index (χ1v) is 9.69. The number of rotatable bonds is 6. The molecule has 3 aromatic rings. The molecule has 2 aromatic carbocycles. The summed E-state index contributed by atoms with van der Waals surface area (Å²) >= 11 is 0. The highest BCUT2D eigenvalue weighted by molar-refractivity contribution is 5.54. The van der Waals surface area contributed by atoms with E-state index in [0.717, 1.165) is 28.9 Å². The van der Waals surface area contributed by atoms with Crippen molar-refractivity contribution in [2.45, 2.75) is 32.5 Å². The van der Waals surface area contributed by atoms with Crippen molar-refractivity contribution >= 4 is 0 Å². The normalized spacial score (nSPS) is 16.5. The molecule has 1 N–H and O–H groups in total. The van der Waals surface area contributed by atoms with E-state index in [-0.39, 0.29) is 0 Å². The number of aliphatic hydroxyl groups excluding tert-OH is 1. The van der Waals surface area contributed by atoms with E-state index in [2.05, 4.69) is 34.1 Å². The number of aryl methyl sites for hydroxylation is 1. The summed E-state index contributed by atoms with van der Waals surface area (Å²) in [6.07, 6.45) is 0.304. The molecule has 0 saturated heterocycles. The summed E-state index contributed by atoms with van der Waals surface area (Å²) in [6, 6.07) is 11.8. The van der Waals surface area contributed by atoms with E-state index in [0.29, 0.717) is 37.1 Å². The lowest BCUT2D eigenvalue weighted by Gasteiger charge is -2.33. The van der Waals surface area contributed by atoms with Crippen molar-refractivity contribution in [3.8, 4) is 22.9 Å². The van der Waals surface area contributed by atoms with Crippen molar-refractivity contribution < 1.29 is 19.1 Å². The molecule has 1 aliphatic heterocycles. The smallest absolute Gasteiger partial charge is 0.241 e. The number of aromatic nitrogens is 2. The Hall–Kier alpha value is -2.90. The van der Waals surface area contributed by atoms with Crippen LogP contribution in [-0.4, -0.2) is 40.9 Å². The molecule has 0 saturated carbocycles. The fourth-order valence-electron chi connectivity index (χ4n) is 3.78. The maximum absolute atomic E-state index is 10.7. The average Bonchev–Trinajstić information content (AvgIpc) is 3.21. The molecule has 7 heteroatoms. The third kappa shape index (κ3) is 3.83. The molecule has 0 spiro atoms. The quantitative estimate of drug-likeness (QED) is 0.685. The maximum atomic E-state index is 10.7. The molecule has 4 rings (SSSR count). The number of β-amino-alcohol motifs (C(OH)–C–C–N with tert-alkyl or cyclic N) is 1. The van der Waals surface area contributed by atoms with Gasteiger partial charge < -0.3 is 19.1 Å². The molecule has 1 atom stereocenters. The first-order valence-electron chi connectivity index (χ1n) is 9.69. The van der Waals surface area contributed by atoms with Crippen LogP contribution in [-0.2, 0) is 19.5 Å². The van der Waals surface area contributed by atoms with Gasteiger partial charge in [0.15, 0.2) is 0 Å². The van der Waals surface area contributed by atoms with Gasteiger partial charge in [-0.2, -0.15) is 4.98 Å². The number of fused-ring (bicyclic) bond motifs is 1. The van der Waals surface area contributed by atoms with Gasteiger partial charge >= 0.3 is 0 Å². The van der Waals surface area contributed by atoms with Crippen molar-refractivity contribution in [3.63, 3.8) is 0 Å². The fraction of sp³-hybridized carbons (Fsp3) is 0.364. The molecule has 29 heavy (non-hydrogen) atoms. The fourth-order valence-corrected chi connectivity index (χ4v) is 3.78. The highest BCUT2D eigenvalue weighted by Gasteiger charge is 2.30. The molecule has 0 aliphatic carbocycles. The van der Waals surface area contributed by atoms with Gasteiger partial charge in [0, 0.05) is 29.8 Å². The van der Waals surface area contributed by atoms with Gasteiger partial charge in [0.2, 0.25) is 11.7 Å². The summed E-state index contributed by atoms with van der Waals surface area (Å²) in [5.74, 6) is 2.48. The third-order valence-electron chi connectivity index (χ3n) is 5.31. The summed E-state index contributed by atoms with van der Waals surface area (Å²) in [6.45, 7) is 3.60. The first kappa shape index (κ1) is 19.4. The van der Waals surface area contributed by atoms with Crippen LogP contribution in [0.15, 0.2) is 40.9 Å². The largest absolute Gasteiger partial charge is 0.496 e. The Morgan fingerprint density at radius 1 is 1.10 bits per heavy atom. The number of ether oxygens (including phenoxy) is 2. The molecule has 0 radical (unpaired) electrons. The summed E-state index contributed by atoms with van der Waals surface area (Å²) in [7, 11) is 3.23. The van der Waals surface area contributed by atoms with Crippen LogP contribution < -0.4 is 9.47 Å². The molecule has 0 bridgehead atoms. The van der Waals surface area contributed by atoms with Gasteiger partial charge in [0.05, 0.1) is 26.9 Å². The number of benzene rings is 2. The lowest BCUT2D eigenvalue weighted by molar-refractivity contribution is 0.0779. The summed E-state index contributed by atoms with van der Waals surface area (Å²) < 4.78 is 16.4. The van der Waals surface area contributed by atoms with Crippen LogP contribution in [0.5, 0.6) is 11.5 Å². The lowest BCUT2D eigenvalue weighted by atomic mass is 9.95. The highest BCUT2D eigenvalue weighted by atomic mass is 16.5. The number of hydrogen-bond donors (Lipinski definition) is 1. The SMILES string of the molecule is CCc1ccc(-c2noc(CN3Cc4c(OC)ccc(OC)c4[C@H](O)C3)n2)cc1. The van der Waals surface area contributed by atoms with Crippen molar-refractivity contribution in [3.05, 3.63) is 59.0 Å². The van der Waals surface area contributed by atoms with E-state index in [1.54, 1.807) is 14.2 Å². The standard InChI is InChI=1S/C22H25N3O4/c1-4-14-5-7-15(8-6-14)22-23-20(29-24-22)13-25-11-16-18(27-2)9-10-19(28-3)21(16)17(26)12-25/h5-10,17,26H,4,11-13H2,1-3H3/t17-/m1/s1. The zero-order valence-corrected chi connectivity index (χ0v) is 16.9. The summed E-state index contributed by atoms with van der Waals surface area (Å²) in [5.41, 5.74) is 3.89. The van der Waals surface area contributed by atoms with Crippen LogP contribution in [0, 0.1) is 0 Å². The zero-order valence-electron chi connectivity index (χ0n) is 16.9. The second kappa shape index (κ2) is 8.23. The van der Waals surface area contributed by atoms with Crippen molar-refractivity contribution in [2.75, 3.05) is 20.8 Å². The van der Waals surface area contributed by atoms with E-state index in [9.17, 15) is 5.11 Å². The lowest BCUT2D eigenvalue weighted by Crippen LogP contribution is -2.33. The Bertz CT molecular complexity index is 984. The van der Waals surface area contributed by atoms with Crippen LogP contribution in [0.3, 0.4) is 0 Å². The minimum absolute atomic E-state index is 0.441. The molecule has 1 aliphatic rings. The van der Waals surface area contributed by atoms with Gasteiger partial charge in [-0.05, 0) is 24.1 Å². The molecule has 7 nitrogen and oxygen atoms in total. The monoisotopic (exact) mass is 395 g/mol. The second-order valence-electron chi connectivity index (χ2n) is 7.11. The average molecular weight is 395 g/mol. The van der Waals surface area contributed by atoms with Gasteiger partial charge in [-0.15, -0.1) is 0 Å². The van der Waals surface area contributed by atoms with Gasteiger partial charge in [-0.1, -0.05) is 36.3 Å². The van der Waals surface area contributed by atoms with E-state index in [1.165, 1.54) is 5.56 Å². The van der Waals surface area contributed by atoms with E-state index >= 15 is 0 Å². The number of nitrogens with zero attached hydrogens (tertiary/aromatic N) is 3. The molecular weight excluding hydrogens is 370 g/mol. The van der Waals surface area contributed by atoms with E-state index in [1.807, 2.05) is 24.3 Å². The van der Waals surface area contributed by atoms with Gasteiger partial charge in [0.25, 0.3) is 0 Å². The Kier molecular flexibility index (Phi) is 5.51. The van der Waals surface area contributed by atoms with Crippen LogP contribution in [0.4, 0.5) is 0 Å². The Morgan fingerprint density at radius 2 is 1.83 bits per heavy atom. The number of methoxy groups -OCH3 is 2. The highest BCUT2D eigenvalue weighted by Crippen LogP contribution is 2.39. The van der Waals surface area contributed by atoms with E-state index < -0.39 is 6.10 Å². The van der Waals surface area contributed by atoms with Crippen LogP contribution >= 0.6 is 0 Å². The Balaban J connectivity index is 1.54. The number of aliphatic hydroxyl groups is 1. The molecular formula is C22H25N3O4. The molecule has 2 heterocycles. The minimum atomic E-state index is -0.687. The molecule has 0 amide bonds. The van der Waals surface area contributed by atoms with Gasteiger partial charge in [-0.25, -0.2) is 0 Å². The molecule has 1 aromatic heterocycles. The van der Waals surface area contributed by atoms with Crippen LogP contribution in [0.1, 0.15) is 35.6 Å². The van der Waals surface area contributed by atoms with Crippen molar-refractivity contribution in [1.82, 2.24) is 15.0 Å². The maximum Gasteiger partial charge on any atom is 0.241 e. The molecule has 0 fully saturated rings. The van der Waals surface area contributed by atoms with Crippen LogP contribution in [0.2, 0.25) is 0 Å². The molecule has 0 unspecified atom stereocenters. The molecule has 152 valence electrons. The first-order chi connectivity index (χ1) is 14.1. The predicted octanol–water partition coefficient (Wildman–Crippen LogP) is 3.37.